The minimum atomic E-state index is -0.215. The third-order valence-corrected chi connectivity index (χ3v) is 3.85. The first kappa shape index (κ1) is 12.5. The van der Waals surface area contributed by atoms with Crippen molar-refractivity contribution in [2.24, 2.45) is 0 Å². The van der Waals surface area contributed by atoms with Gasteiger partial charge >= 0.3 is 6.09 Å². The van der Waals surface area contributed by atoms with E-state index in [-0.39, 0.29) is 12.2 Å². The lowest BCUT2D eigenvalue weighted by Crippen LogP contribution is -2.38. The highest BCUT2D eigenvalue weighted by molar-refractivity contribution is 5.89. The van der Waals surface area contributed by atoms with E-state index in [4.69, 9.17) is 4.74 Å². The number of hydrogen-bond donors (Lipinski definition) is 0. The van der Waals surface area contributed by atoms with Gasteiger partial charge in [0.05, 0.1) is 6.54 Å². The van der Waals surface area contributed by atoms with Crippen LogP contribution in [0.2, 0.25) is 0 Å². The van der Waals surface area contributed by atoms with E-state index in [1.165, 1.54) is 19.3 Å². The fraction of sp³-hybridized carbons (Fsp3) is 0.533. The molecule has 2 aliphatic heterocycles. The highest BCUT2D eigenvalue weighted by atomic mass is 16.6. The molecule has 2 saturated heterocycles. The van der Waals surface area contributed by atoms with Crippen molar-refractivity contribution >= 4 is 11.8 Å². The zero-order valence-corrected chi connectivity index (χ0v) is 11.1. The van der Waals surface area contributed by atoms with Gasteiger partial charge in [0.25, 0.3) is 0 Å². The minimum absolute atomic E-state index is 0.00538. The summed E-state index contributed by atoms with van der Waals surface area (Å²) in [6.45, 7) is 3.81. The maximum Gasteiger partial charge on any atom is 0.414 e. The van der Waals surface area contributed by atoms with E-state index in [0.29, 0.717) is 6.54 Å². The van der Waals surface area contributed by atoms with E-state index < -0.39 is 0 Å². The predicted molar refractivity (Wildman–Crippen MR) is 74.3 cm³/mol. The summed E-state index contributed by atoms with van der Waals surface area (Å²) in [6.07, 6.45) is 3.66. The summed E-state index contributed by atoms with van der Waals surface area (Å²) in [5, 5.41) is 0. The van der Waals surface area contributed by atoms with Gasteiger partial charge in [0.1, 0.15) is 6.10 Å². The lowest BCUT2D eigenvalue weighted by atomic mass is 10.1. The molecule has 0 aliphatic carbocycles. The second-order valence-corrected chi connectivity index (χ2v) is 5.31. The average molecular weight is 260 g/mol. The van der Waals surface area contributed by atoms with Crippen LogP contribution in [0.4, 0.5) is 10.5 Å². The quantitative estimate of drug-likeness (QED) is 0.837. The Kier molecular flexibility index (Phi) is 3.69. The number of benzene rings is 1. The van der Waals surface area contributed by atoms with Crippen molar-refractivity contribution in [3.63, 3.8) is 0 Å². The normalized spacial score (nSPS) is 24.5. The topological polar surface area (TPSA) is 32.8 Å². The summed E-state index contributed by atoms with van der Waals surface area (Å²) < 4.78 is 5.48. The molecule has 2 aliphatic rings. The van der Waals surface area contributed by atoms with Crippen LogP contribution < -0.4 is 4.90 Å². The molecular weight excluding hydrogens is 240 g/mol. The summed E-state index contributed by atoms with van der Waals surface area (Å²) in [6, 6.07) is 9.74. The monoisotopic (exact) mass is 260 g/mol. The summed E-state index contributed by atoms with van der Waals surface area (Å²) in [5.74, 6) is 0. The first-order chi connectivity index (χ1) is 9.33. The van der Waals surface area contributed by atoms with E-state index in [2.05, 4.69) is 4.90 Å². The van der Waals surface area contributed by atoms with Gasteiger partial charge in [-0.05, 0) is 38.1 Å². The van der Waals surface area contributed by atoms with E-state index >= 15 is 0 Å². The number of likely N-dealkylation sites (tertiary alicyclic amines) is 1. The number of anilines is 1. The van der Waals surface area contributed by atoms with E-state index in [0.717, 1.165) is 25.3 Å². The molecule has 1 amide bonds. The Morgan fingerprint density at radius 2 is 1.84 bits per heavy atom. The molecule has 1 unspecified atom stereocenters. The average Bonchev–Trinajstić information content (AvgIpc) is 2.82. The lowest BCUT2D eigenvalue weighted by molar-refractivity contribution is 0.101. The molecule has 1 aromatic carbocycles. The molecule has 1 atom stereocenters. The van der Waals surface area contributed by atoms with Gasteiger partial charge in [-0.1, -0.05) is 24.6 Å². The molecule has 0 radical (unpaired) electrons. The maximum absolute atomic E-state index is 11.9. The number of para-hydroxylation sites is 1. The predicted octanol–water partition coefficient (Wildman–Crippen LogP) is 2.50. The number of carbonyl (C=O) groups excluding carboxylic acids is 1. The van der Waals surface area contributed by atoms with Crippen LogP contribution in [0.3, 0.4) is 0 Å². The largest absolute Gasteiger partial charge is 0.443 e. The molecule has 2 heterocycles. The molecule has 3 rings (SSSR count). The third-order valence-electron chi connectivity index (χ3n) is 3.85. The molecule has 0 N–H and O–H groups in total. The number of hydrogen-bond acceptors (Lipinski definition) is 3. The molecule has 19 heavy (non-hydrogen) atoms. The SMILES string of the molecule is O=C1OC(CN2CCCCC2)CN1c1ccccc1. The molecule has 0 bridgehead atoms. The van der Waals surface area contributed by atoms with Crippen LogP contribution in [-0.2, 0) is 4.74 Å². The van der Waals surface area contributed by atoms with Crippen LogP contribution in [0, 0.1) is 0 Å². The van der Waals surface area contributed by atoms with Crippen molar-refractivity contribution in [2.75, 3.05) is 31.1 Å². The van der Waals surface area contributed by atoms with E-state index in [9.17, 15) is 4.79 Å². The molecular formula is C15H20N2O2. The van der Waals surface area contributed by atoms with Gasteiger partial charge in [0.2, 0.25) is 0 Å². The van der Waals surface area contributed by atoms with Crippen LogP contribution in [0.25, 0.3) is 0 Å². The number of rotatable bonds is 3. The second kappa shape index (κ2) is 5.61. The molecule has 2 fully saturated rings. The van der Waals surface area contributed by atoms with Crippen LogP contribution in [-0.4, -0.2) is 43.3 Å². The fourth-order valence-electron chi connectivity index (χ4n) is 2.87. The highest BCUT2D eigenvalue weighted by Gasteiger charge is 2.33. The van der Waals surface area contributed by atoms with Crippen molar-refractivity contribution in [3.05, 3.63) is 30.3 Å². The van der Waals surface area contributed by atoms with Crippen LogP contribution in [0.1, 0.15) is 19.3 Å². The summed E-state index contributed by atoms with van der Waals surface area (Å²) in [7, 11) is 0. The number of ether oxygens (including phenoxy) is 1. The van der Waals surface area contributed by atoms with E-state index in [1.54, 1.807) is 4.90 Å². The molecule has 102 valence electrons. The van der Waals surface area contributed by atoms with Crippen LogP contribution >= 0.6 is 0 Å². The lowest BCUT2D eigenvalue weighted by Gasteiger charge is -2.27. The highest BCUT2D eigenvalue weighted by Crippen LogP contribution is 2.22. The number of carbonyl (C=O) groups is 1. The molecule has 0 saturated carbocycles. The Hall–Kier alpha value is -1.55. The standard InChI is InChI=1S/C15H20N2O2/c18-15-17(13-7-3-1-4-8-13)12-14(19-15)11-16-9-5-2-6-10-16/h1,3-4,7-8,14H,2,5-6,9-12H2. The Balaban J connectivity index is 1.60. The van der Waals surface area contributed by atoms with Gasteiger partial charge in [0, 0.05) is 12.2 Å². The smallest absolute Gasteiger partial charge is 0.414 e. The first-order valence-electron chi connectivity index (χ1n) is 7.08. The number of piperidine rings is 1. The van der Waals surface area contributed by atoms with Crippen LogP contribution in [0.5, 0.6) is 0 Å². The Morgan fingerprint density at radius 3 is 2.58 bits per heavy atom. The van der Waals surface area contributed by atoms with Crippen LogP contribution in [0.15, 0.2) is 30.3 Å². The van der Waals surface area contributed by atoms with Crippen molar-refractivity contribution in [1.29, 1.82) is 0 Å². The number of nitrogens with zero attached hydrogens (tertiary/aromatic N) is 2. The fourth-order valence-corrected chi connectivity index (χ4v) is 2.87. The minimum Gasteiger partial charge on any atom is -0.443 e. The maximum atomic E-state index is 11.9. The molecule has 0 aromatic heterocycles. The molecule has 4 nitrogen and oxygen atoms in total. The van der Waals surface area contributed by atoms with Gasteiger partial charge in [-0.25, -0.2) is 4.79 Å². The Morgan fingerprint density at radius 1 is 1.11 bits per heavy atom. The number of amides is 1. The summed E-state index contributed by atoms with van der Waals surface area (Å²) in [4.78, 5) is 16.1. The van der Waals surface area contributed by atoms with Crippen molar-refractivity contribution in [3.8, 4) is 0 Å². The van der Waals surface area contributed by atoms with Gasteiger partial charge in [-0.3, -0.25) is 9.80 Å². The van der Waals surface area contributed by atoms with Gasteiger partial charge in [0.15, 0.2) is 0 Å². The van der Waals surface area contributed by atoms with Gasteiger partial charge < -0.3 is 4.74 Å². The van der Waals surface area contributed by atoms with Crippen molar-refractivity contribution in [1.82, 2.24) is 4.90 Å². The van der Waals surface area contributed by atoms with E-state index in [1.807, 2.05) is 30.3 Å². The summed E-state index contributed by atoms with van der Waals surface area (Å²) in [5.41, 5.74) is 0.925. The van der Waals surface area contributed by atoms with Crippen molar-refractivity contribution < 1.29 is 9.53 Å². The van der Waals surface area contributed by atoms with Gasteiger partial charge in [-0.2, -0.15) is 0 Å². The summed E-state index contributed by atoms with van der Waals surface area (Å²) >= 11 is 0. The third kappa shape index (κ3) is 2.89. The number of cyclic esters (lactones) is 1. The Labute approximate surface area is 113 Å². The molecule has 1 aromatic rings. The Bertz CT molecular complexity index is 429. The second-order valence-electron chi connectivity index (χ2n) is 5.31. The van der Waals surface area contributed by atoms with Crippen molar-refractivity contribution in [2.45, 2.75) is 25.4 Å². The molecule has 0 spiro atoms. The van der Waals surface area contributed by atoms with Gasteiger partial charge in [-0.15, -0.1) is 0 Å². The first-order valence-corrected chi connectivity index (χ1v) is 7.08. The zero-order chi connectivity index (χ0) is 13.1. The molecule has 4 heteroatoms. The zero-order valence-electron chi connectivity index (χ0n) is 11.1.